The van der Waals surface area contributed by atoms with Gasteiger partial charge in [-0.3, -0.25) is 4.79 Å². The van der Waals surface area contributed by atoms with Crippen LogP contribution in [0.25, 0.3) is 0 Å². The van der Waals surface area contributed by atoms with Crippen molar-refractivity contribution >= 4 is 5.97 Å². The Hall–Kier alpha value is -0.610. The molecule has 5 N–H and O–H groups in total. The number of carboxylic acids is 1. The predicted molar refractivity (Wildman–Crippen MR) is 29.1 cm³/mol. The highest BCUT2D eigenvalue weighted by Crippen LogP contribution is 1.99. The number of carbonyl (C=O) groups is 1. The third-order valence-electron chi connectivity index (χ3n) is 1.12. The van der Waals surface area contributed by atoms with E-state index in [0.717, 1.165) is 13.0 Å². The van der Waals surface area contributed by atoms with Crippen molar-refractivity contribution in [1.29, 1.82) is 0 Å². The standard InChI is InChI=1S/C4H7NO2.H3N/c6-4(7)3-1-2-5-3;/h3,5H,1-2H2,(H,6,7);1H3. The van der Waals surface area contributed by atoms with E-state index in [-0.39, 0.29) is 12.2 Å². The van der Waals surface area contributed by atoms with Crippen molar-refractivity contribution in [3.05, 3.63) is 0 Å². The van der Waals surface area contributed by atoms with E-state index in [1.807, 2.05) is 0 Å². The smallest absolute Gasteiger partial charge is 0.320 e. The first-order valence-electron chi connectivity index (χ1n) is 2.27. The molecule has 8 heavy (non-hydrogen) atoms. The molecule has 1 aliphatic rings. The average molecular weight is 118 g/mol. The highest BCUT2D eigenvalue weighted by Gasteiger charge is 2.22. The second kappa shape index (κ2) is 2.64. The van der Waals surface area contributed by atoms with E-state index in [1.165, 1.54) is 0 Å². The van der Waals surface area contributed by atoms with E-state index in [0.29, 0.717) is 0 Å². The Balaban J connectivity index is 0.000000490. The van der Waals surface area contributed by atoms with Gasteiger partial charge in [0.25, 0.3) is 0 Å². The first kappa shape index (κ1) is 7.39. The molecule has 4 nitrogen and oxygen atoms in total. The lowest BCUT2D eigenvalue weighted by atomic mass is 10.1. The fourth-order valence-electron chi connectivity index (χ4n) is 0.499. The first-order valence-corrected chi connectivity index (χ1v) is 2.27. The van der Waals surface area contributed by atoms with Crippen molar-refractivity contribution in [3.63, 3.8) is 0 Å². The summed E-state index contributed by atoms with van der Waals surface area (Å²) in [6, 6.07) is -0.250. The second-order valence-corrected chi connectivity index (χ2v) is 1.63. The molecule has 1 rings (SSSR count). The number of rotatable bonds is 1. The first-order chi connectivity index (χ1) is 3.30. The molecule has 0 amide bonds. The Morgan fingerprint density at radius 2 is 2.25 bits per heavy atom. The van der Waals surface area contributed by atoms with Gasteiger partial charge in [-0.05, 0) is 13.0 Å². The summed E-state index contributed by atoms with van der Waals surface area (Å²) in [7, 11) is 0. The maximum Gasteiger partial charge on any atom is 0.320 e. The second-order valence-electron chi connectivity index (χ2n) is 1.63. The van der Waals surface area contributed by atoms with Gasteiger partial charge in [-0.25, -0.2) is 0 Å². The van der Waals surface area contributed by atoms with Crippen molar-refractivity contribution in [3.8, 4) is 0 Å². The van der Waals surface area contributed by atoms with Crippen LogP contribution in [0.3, 0.4) is 0 Å². The highest BCUT2D eigenvalue weighted by molar-refractivity contribution is 5.74. The van der Waals surface area contributed by atoms with Gasteiger partial charge in [0.1, 0.15) is 6.04 Å². The van der Waals surface area contributed by atoms with Crippen molar-refractivity contribution in [2.75, 3.05) is 6.54 Å². The van der Waals surface area contributed by atoms with Gasteiger partial charge in [0.2, 0.25) is 0 Å². The zero-order valence-corrected chi connectivity index (χ0v) is 4.55. The average Bonchev–Trinajstić information content (AvgIpc) is 1.23. The topological polar surface area (TPSA) is 84.3 Å². The molecule has 0 bridgehead atoms. The summed E-state index contributed by atoms with van der Waals surface area (Å²) in [4.78, 5) is 9.92. The van der Waals surface area contributed by atoms with Gasteiger partial charge in [-0.1, -0.05) is 0 Å². The summed E-state index contributed by atoms with van der Waals surface area (Å²) >= 11 is 0. The molecule has 1 unspecified atom stereocenters. The fourth-order valence-corrected chi connectivity index (χ4v) is 0.499. The van der Waals surface area contributed by atoms with Crippen LogP contribution < -0.4 is 11.5 Å². The molecule has 1 atom stereocenters. The molecule has 1 saturated heterocycles. The minimum absolute atomic E-state index is 0. The van der Waals surface area contributed by atoms with Gasteiger partial charge in [0.15, 0.2) is 0 Å². The molecule has 48 valence electrons. The van der Waals surface area contributed by atoms with Gasteiger partial charge in [-0.2, -0.15) is 0 Å². The van der Waals surface area contributed by atoms with Crippen LogP contribution in [0.15, 0.2) is 0 Å². The van der Waals surface area contributed by atoms with E-state index < -0.39 is 5.97 Å². The third kappa shape index (κ3) is 1.18. The maximum absolute atomic E-state index is 9.92. The summed E-state index contributed by atoms with van der Waals surface area (Å²) in [5.41, 5.74) is 0. The number of carboxylic acid groups (broad SMARTS) is 1. The van der Waals surface area contributed by atoms with E-state index in [9.17, 15) is 4.79 Å². The summed E-state index contributed by atoms with van der Waals surface area (Å²) in [6.45, 7) is 0.858. The summed E-state index contributed by atoms with van der Waals surface area (Å²) < 4.78 is 0. The normalized spacial score (nSPS) is 25.2. The van der Waals surface area contributed by atoms with Crippen LogP contribution >= 0.6 is 0 Å². The Kier molecular flexibility index (Phi) is 2.44. The van der Waals surface area contributed by atoms with Gasteiger partial charge in [0.05, 0.1) is 0 Å². The lowest BCUT2D eigenvalue weighted by Gasteiger charge is -2.22. The lowest BCUT2D eigenvalue weighted by Crippen LogP contribution is -2.48. The van der Waals surface area contributed by atoms with Crippen LogP contribution in [0, 0.1) is 0 Å². The van der Waals surface area contributed by atoms with E-state index in [4.69, 9.17) is 5.11 Å². The van der Waals surface area contributed by atoms with Crippen molar-refractivity contribution in [1.82, 2.24) is 11.5 Å². The van der Waals surface area contributed by atoms with Crippen LogP contribution in [0.1, 0.15) is 6.42 Å². The molecule has 0 radical (unpaired) electrons. The van der Waals surface area contributed by atoms with Crippen LogP contribution in [0.4, 0.5) is 0 Å². The van der Waals surface area contributed by atoms with Gasteiger partial charge in [-0.15, -0.1) is 0 Å². The Morgan fingerprint density at radius 3 is 2.25 bits per heavy atom. The monoisotopic (exact) mass is 118 g/mol. The highest BCUT2D eigenvalue weighted by atomic mass is 16.4. The summed E-state index contributed by atoms with van der Waals surface area (Å²) in [5, 5.41) is 10.9. The molecular formula is C4H10N2O2. The molecule has 0 aromatic carbocycles. The van der Waals surface area contributed by atoms with Crippen LogP contribution in [0.5, 0.6) is 0 Å². The van der Waals surface area contributed by atoms with Crippen molar-refractivity contribution < 1.29 is 9.90 Å². The lowest BCUT2D eigenvalue weighted by molar-refractivity contribution is -0.141. The Labute approximate surface area is 47.5 Å². The predicted octanol–water partition coefficient (Wildman–Crippen LogP) is -0.405. The zero-order valence-electron chi connectivity index (χ0n) is 4.55. The summed E-state index contributed by atoms with van der Waals surface area (Å²) in [6.07, 6.45) is 0.787. The van der Waals surface area contributed by atoms with Crippen LogP contribution in [-0.4, -0.2) is 23.7 Å². The molecule has 0 aromatic heterocycles. The largest absolute Gasteiger partial charge is 0.480 e. The molecule has 1 heterocycles. The molecule has 0 saturated carbocycles. The fraction of sp³-hybridized carbons (Fsp3) is 0.750. The van der Waals surface area contributed by atoms with E-state index in [2.05, 4.69) is 5.32 Å². The number of hydrogen-bond donors (Lipinski definition) is 3. The summed E-state index contributed by atoms with van der Waals surface area (Å²) in [5.74, 6) is -0.730. The Morgan fingerprint density at radius 1 is 1.75 bits per heavy atom. The molecule has 4 heteroatoms. The maximum atomic E-state index is 9.92. The van der Waals surface area contributed by atoms with Gasteiger partial charge < -0.3 is 16.6 Å². The van der Waals surface area contributed by atoms with Crippen molar-refractivity contribution in [2.45, 2.75) is 12.5 Å². The molecule has 0 aliphatic carbocycles. The van der Waals surface area contributed by atoms with E-state index in [1.54, 1.807) is 0 Å². The minimum atomic E-state index is -0.730. The molecule has 1 aliphatic heterocycles. The van der Waals surface area contributed by atoms with Crippen LogP contribution in [-0.2, 0) is 4.79 Å². The third-order valence-corrected chi connectivity index (χ3v) is 1.12. The molecule has 0 aromatic rings. The van der Waals surface area contributed by atoms with E-state index >= 15 is 0 Å². The SMILES string of the molecule is N.O=C(O)C1CCN1. The van der Waals surface area contributed by atoms with Crippen molar-refractivity contribution in [2.24, 2.45) is 0 Å². The zero-order chi connectivity index (χ0) is 5.28. The number of aliphatic carboxylic acids is 1. The van der Waals surface area contributed by atoms with Gasteiger partial charge >= 0.3 is 5.97 Å². The van der Waals surface area contributed by atoms with Crippen LogP contribution in [0.2, 0.25) is 0 Å². The number of hydrogen-bond acceptors (Lipinski definition) is 3. The minimum Gasteiger partial charge on any atom is -0.480 e. The molecule has 1 fully saturated rings. The Bertz CT molecular complexity index is 90.0. The quantitative estimate of drug-likeness (QED) is 0.437. The molecular weight excluding hydrogens is 108 g/mol. The number of nitrogens with one attached hydrogen (secondary N) is 1. The van der Waals surface area contributed by atoms with Gasteiger partial charge in [0, 0.05) is 0 Å². The molecule has 0 spiro atoms.